The molecule has 116 valence electrons. The van der Waals surface area contributed by atoms with E-state index in [9.17, 15) is 22.8 Å². The number of hydrogen-bond donors (Lipinski definition) is 2. The van der Waals surface area contributed by atoms with Crippen LogP contribution in [0.1, 0.15) is 22.8 Å². The fourth-order valence-electron chi connectivity index (χ4n) is 1.65. The van der Waals surface area contributed by atoms with Crippen LogP contribution in [-0.2, 0) is 6.54 Å². The molecule has 0 aliphatic carbocycles. The SMILES string of the molecule is CCN(CC(F)(F)F)C(=O)NCc1cccc(C(=O)O)c1. The number of benzene rings is 1. The average molecular weight is 304 g/mol. The van der Waals surface area contributed by atoms with E-state index < -0.39 is 24.7 Å². The van der Waals surface area contributed by atoms with E-state index in [1.807, 2.05) is 0 Å². The van der Waals surface area contributed by atoms with Gasteiger partial charge >= 0.3 is 18.2 Å². The van der Waals surface area contributed by atoms with Crippen molar-refractivity contribution in [1.82, 2.24) is 10.2 Å². The van der Waals surface area contributed by atoms with Crippen LogP contribution in [0.3, 0.4) is 0 Å². The number of rotatable bonds is 5. The predicted octanol–water partition coefficient (Wildman–Crippen LogP) is 2.48. The van der Waals surface area contributed by atoms with Crippen LogP contribution in [0.15, 0.2) is 24.3 Å². The number of carboxylic acid groups (broad SMARTS) is 1. The van der Waals surface area contributed by atoms with Crippen molar-refractivity contribution < 1.29 is 27.9 Å². The van der Waals surface area contributed by atoms with Gasteiger partial charge in [0.05, 0.1) is 5.56 Å². The number of carbonyl (C=O) groups is 2. The summed E-state index contributed by atoms with van der Waals surface area (Å²) >= 11 is 0. The van der Waals surface area contributed by atoms with Crippen molar-refractivity contribution in [3.63, 3.8) is 0 Å². The molecule has 0 aromatic heterocycles. The second-order valence-corrected chi connectivity index (χ2v) is 4.29. The maximum absolute atomic E-state index is 12.3. The Balaban J connectivity index is 2.63. The molecule has 0 saturated carbocycles. The maximum Gasteiger partial charge on any atom is 0.406 e. The van der Waals surface area contributed by atoms with Crippen molar-refractivity contribution in [2.24, 2.45) is 0 Å². The summed E-state index contributed by atoms with van der Waals surface area (Å²) in [5.41, 5.74) is 0.538. The number of nitrogens with zero attached hydrogens (tertiary/aromatic N) is 1. The molecular formula is C13H15F3N2O3. The number of alkyl halides is 3. The molecule has 1 aromatic rings. The molecule has 0 heterocycles. The molecule has 0 spiro atoms. The zero-order chi connectivity index (χ0) is 16.0. The predicted molar refractivity (Wildman–Crippen MR) is 68.9 cm³/mol. The molecule has 0 unspecified atom stereocenters. The third-order valence-corrected chi connectivity index (χ3v) is 2.66. The van der Waals surface area contributed by atoms with Crippen molar-refractivity contribution in [2.75, 3.05) is 13.1 Å². The summed E-state index contributed by atoms with van der Waals surface area (Å²) in [4.78, 5) is 23.1. The van der Waals surface area contributed by atoms with Crippen LogP contribution in [0, 0.1) is 0 Å². The average Bonchev–Trinajstić information content (AvgIpc) is 2.41. The first-order valence-corrected chi connectivity index (χ1v) is 6.14. The molecule has 8 heteroatoms. The molecule has 0 fully saturated rings. The highest BCUT2D eigenvalue weighted by Crippen LogP contribution is 2.16. The minimum absolute atomic E-state index is 0.0457. The van der Waals surface area contributed by atoms with Crippen LogP contribution in [0.5, 0.6) is 0 Å². The van der Waals surface area contributed by atoms with E-state index in [4.69, 9.17) is 5.11 Å². The number of aromatic carboxylic acids is 1. The van der Waals surface area contributed by atoms with Crippen LogP contribution >= 0.6 is 0 Å². The topological polar surface area (TPSA) is 69.6 Å². The van der Waals surface area contributed by atoms with Crippen LogP contribution in [0.4, 0.5) is 18.0 Å². The van der Waals surface area contributed by atoms with E-state index in [1.165, 1.54) is 25.1 Å². The Morgan fingerprint density at radius 3 is 2.52 bits per heavy atom. The maximum atomic E-state index is 12.3. The van der Waals surface area contributed by atoms with Crippen molar-refractivity contribution >= 4 is 12.0 Å². The Labute approximate surface area is 119 Å². The van der Waals surface area contributed by atoms with Gasteiger partial charge in [-0.1, -0.05) is 12.1 Å². The second-order valence-electron chi connectivity index (χ2n) is 4.29. The monoisotopic (exact) mass is 304 g/mol. The lowest BCUT2D eigenvalue weighted by Crippen LogP contribution is -2.44. The summed E-state index contributed by atoms with van der Waals surface area (Å²) < 4.78 is 36.8. The van der Waals surface area contributed by atoms with Gasteiger partial charge in [0.25, 0.3) is 0 Å². The molecule has 21 heavy (non-hydrogen) atoms. The molecule has 0 atom stereocenters. The van der Waals surface area contributed by atoms with Gasteiger partial charge < -0.3 is 15.3 Å². The molecule has 5 nitrogen and oxygen atoms in total. The fraction of sp³-hybridized carbons (Fsp3) is 0.385. The molecular weight excluding hydrogens is 289 g/mol. The molecule has 0 radical (unpaired) electrons. The first-order chi connectivity index (χ1) is 9.73. The van der Waals surface area contributed by atoms with Crippen molar-refractivity contribution in [3.05, 3.63) is 35.4 Å². The Morgan fingerprint density at radius 1 is 1.33 bits per heavy atom. The number of halogens is 3. The fourth-order valence-corrected chi connectivity index (χ4v) is 1.65. The summed E-state index contributed by atoms with van der Waals surface area (Å²) in [6.45, 7) is -0.0182. The molecule has 1 aromatic carbocycles. The number of carboxylic acids is 1. The number of urea groups is 1. The highest BCUT2D eigenvalue weighted by atomic mass is 19.4. The Bertz CT molecular complexity index is 518. The van der Waals surface area contributed by atoms with Gasteiger partial charge in [0.2, 0.25) is 0 Å². The van der Waals surface area contributed by atoms with Gasteiger partial charge in [-0.15, -0.1) is 0 Å². The van der Waals surface area contributed by atoms with E-state index in [-0.39, 0.29) is 18.7 Å². The molecule has 2 amide bonds. The molecule has 0 aliphatic rings. The quantitative estimate of drug-likeness (QED) is 0.878. The zero-order valence-electron chi connectivity index (χ0n) is 11.3. The summed E-state index contributed by atoms with van der Waals surface area (Å²) in [6, 6.07) is 4.96. The summed E-state index contributed by atoms with van der Waals surface area (Å²) in [6.07, 6.45) is -4.46. The third kappa shape index (κ3) is 5.72. The lowest BCUT2D eigenvalue weighted by Gasteiger charge is -2.22. The number of carbonyl (C=O) groups excluding carboxylic acids is 1. The summed E-state index contributed by atoms with van der Waals surface area (Å²) in [5.74, 6) is -1.12. The minimum Gasteiger partial charge on any atom is -0.478 e. The smallest absolute Gasteiger partial charge is 0.406 e. The van der Waals surface area contributed by atoms with Crippen LogP contribution < -0.4 is 5.32 Å². The Morgan fingerprint density at radius 2 is 2.00 bits per heavy atom. The van der Waals surface area contributed by atoms with Gasteiger partial charge in [0.15, 0.2) is 0 Å². The van der Waals surface area contributed by atoms with E-state index in [0.717, 1.165) is 0 Å². The van der Waals surface area contributed by atoms with Crippen molar-refractivity contribution in [3.8, 4) is 0 Å². The summed E-state index contributed by atoms with van der Waals surface area (Å²) in [7, 11) is 0. The first-order valence-electron chi connectivity index (χ1n) is 6.14. The van der Waals surface area contributed by atoms with Crippen LogP contribution in [-0.4, -0.2) is 41.3 Å². The van der Waals surface area contributed by atoms with Gasteiger partial charge in [-0.25, -0.2) is 9.59 Å². The van der Waals surface area contributed by atoms with Crippen molar-refractivity contribution in [1.29, 1.82) is 0 Å². The highest BCUT2D eigenvalue weighted by molar-refractivity contribution is 5.87. The minimum atomic E-state index is -4.46. The van der Waals surface area contributed by atoms with Gasteiger partial charge in [0.1, 0.15) is 6.54 Å². The number of nitrogens with one attached hydrogen (secondary N) is 1. The van der Waals surface area contributed by atoms with Crippen molar-refractivity contribution in [2.45, 2.75) is 19.6 Å². The Kier molecular flexibility index (Phi) is 5.57. The van der Waals surface area contributed by atoms with Gasteiger partial charge in [0, 0.05) is 13.1 Å². The number of hydrogen-bond acceptors (Lipinski definition) is 2. The van der Waals surface area contributed by atoms with E-state index in [1.54, 1.807) is 6.07 Å². The largest absolute Gasteiger partial charge is 0.478 e. The first kappa shape index (κ1) is 16.8. The Hall–Kier alpha value is -2.25. The normalized spacial score (nSPS) is 11.0. The summed E-state index contributed by atoms with van der Waals surface area (Å²) in [5, 5.41) is 11.2. The van der Waals surface area contributed by atoms with Gasteiger partial charge in [-0.3, -0.25) is 0 Å². The number of amides is 2. The molecule has 0 saturated heterocycles. The highest BCUT2D eigenvalue weighted by Gasteiger charge is 2.32. The second kappa shape index (κ2) is 6.96. The van der Waals surface area contributed by atoms with E-state index in [0.29, 0.717) is 10.5 Å². The van der Waals surface area contributed by atoms with Crippen LogP contribution in [0.25, 0.3) is 0 Å². The van der Waals surface area contributed by atoms with Crippen LogP contribution in [0.2, 0.25) is 0 Å². The lowest BCUT2D eigenvalue weighted by molar-refractivity contribution is -0.139. The van der Waals surface area contributed by atoms with E-state index >= 15 is 0 Å². The van der Waals surface area contributed by atoms with Gasteiger partial charge in [-0.2, -0.15) is 13.2 Å². The van der Waals surface area contributed by atoms with Gasteiger partial charge in [-0.05, 0) is 24.6 Å². The molecule has 0 bridgehead atoms. The van der Waals surface area contributed by atoms with E-state index in [2.05, 4.69) is 5.32 Å². The standard InChI is InChI=1S/C13H15F3N2O3/c1-2-18(8-13(14,15)16)12(21)17-7-9-4-3-5-10(6-9)11(19)20/h3-6H,2,7-8H2,1H3,(H,17,21)(H,19,20). The third-order valence-electron chi connectivity index (χ3n) is 2.66. The zero-order valence-corrected chi connectivity index (χ0v) is 11.3. The lowest BCUT2D eigenvalue weighted by atomic mass is 10.1. The molecule has 2 N–H and O–H groups in total. The molecule has 0 aliphatic heterocycles. The molecule has 1 rings (SSSR count).